The van der Waals surface area contributed by atoms with Crippen LogP contribution in [-0.4, -0.2) is 11.6 Å². The molecule has 0 aromatic rings. The molecule has 1 saturated carbocycles. The predicted molar refractivity (Wildman–Crippen MR) is 57.5 cm³/mol. The summed E-state index contributed by atoms with van der Waals surface area (Å²) in [5, 5.41) is 3.58. The maximum Gasteiger partial charge on any atom is 0.0665 e. The Labute approximate surface area is 82.3 Å². The van der Waals surface area contributed by atoms with Crippen LogP contribution in [0.4, 0.5) is 0 Å². The van der Waals surface area contributed by atoms with Crippen molar-refractivity contribution in [3.8, 4) is 11.8 Å². The predicted octanol–water partition coefficient (Wildman–Crippen LogP) is 2.57. The summed E-state index contributed by atoms with van der Waals surface area (Å²) in [7, 11) is 0. The van der Waals surface area contributed by atoms with Crippen LogP contribution in [0.2, 0.25) is 0 Å². The molecule has 0 amide bonds. The van der Waals surface area contributed by atoms with Gasteiger partial charge < -0.3 is 0 Å². The highest BCUT2D eigenvalue weighted by Crippen LogP contribution is 2.39. The molecule has 0 spiro atoms. The molecular formula is C12H21N. The summed E-state index contributed by atoms with van der Waals surface area (Å²) in [6.45, 7) is 8.81. The van der Waals surface area contributed by atoms with Crippen molar-refractivity contribution in [1.82, 2.24) is 5.32 Å². The molecule has 1 unspecified atom stereocenters. The van der Waals surface area contributed by atoms with Gasteiger partial charge in [0.25, 0.3) is 0 Å². The number of rotatable bonds is 3. The third-order valence-electron chi connectivity index (χ3n) is 2.68. The SMILES string of the molecule is CCC#CC(C)NC(C)(C)C1CC1. The van der Waals surface area contributed by atoms with Gasteiger partial charge in [-0.1, -0.05) is 12.8 Å². The van der Waals surface area contributed by atoms with Gasteiger partial charge in [-0.15, -0.1) is 5.92 Å². The first-order chi connectivity index (χ1) is 6.06. The Kier molecular flexibility index (Phi) is 3.39. The van der Waals surface area contributed by atoms with Crippen molar-refractivity contribution in [1.29, 1.82) is 0 Å². The largest absolute Gasteiger partial charge is 0.299 e. The van der Waals surface area contributed by atoms with E-state index in [1.54, 1.807) is 0 Å². The second-order valence-corrected chi connectivity index (χ2v) is 4.54. The zero-order valence-electron chi connectivity index (χ0n) is 9.28. The van der Waals surface area contributed by atoms with Crippen LogP contribution in [0.1, 0.15) is 47.0 Å². The molecule has 13 heavy (non-hydrogen) atoms. The average Bonchev–Trinajstić information content (AvgIpc) is 2.81. The second-order valence-electron chi connectivity index (χ2n) is 4.54. The first-order valence-corrected chi connectivity index (χ1v) is 5.32. The molecule has 0 aromatic heterocycles. The van der Waals surface area contributed by atoms with Gasteiger partial charge in [0.2, 0.25) is 0 Å². The van der Waals surface area contributed by atoms with Crippen molar-refractivity contribution in [2.75, 3.05) is 0 Å². The normalized spacial score (nSPS) is 19.1. The Morgan fingerprint density at radius 3 is 2.54 bits per heavy atom. The minimum atomic E-state index is 0.280. The lowest BCUT2D eigenvalue weighted by molar-refractivity contribution is 0.329. The molecule has 0 aromatic carbocycles. The quantitative estimate of drug-likeness (QED) is 0.657. The molecule has 1 N–H and O–H groups in total. The summed E-state index contributed by atoms with van der Waals surface area (Å²) in [5.41, 5.74) is 0.280. The monoisotopic (exact) mass is 179 g/mol. The van der Waals surface area contributed by atoms with E-state index < -0.39 is 0 Å². The minimum Gasteiger partial charge on any atom is -0.299 e. The zero-order valence-corrected chi connectivity index (χ0v) is 9.28. The smallest absolute Gasteiger partial charge is 0.0665 e. The molecule has 1 nitrogen and oxygen atoms in total. The fourth-order valence-electron chi connectivity index (χ4n) is 1.77. The molecule has 0 aliphatic heterocycles. The van der Waals surface area contributed by atoms with E-state index in [9.17, 15) is 0 Å². The van der Waals surface area contributed by atoms with Crippen LogP contribution in [-0.2, 0) is 0 Å². The molecule has 1 aliphatic carbocycles. The minimum absolute atomic E-state index is 0.280. The molecule has 0 radical (unpaired) electrons. The maximum atomic E-state index is 3.58. The topological polar surface area (TPSA) is 12.0 Å². The van der Waals surface area contributed by atoms with Crippen LogP contribution in [0, 0.1) is 17.8 Å². The van der Waals surface area contributed by atoms with Crippen molar-refractivity contribution < 1.29 is 0 Å². The fourth-order valence-corrected chi connectivity index (χ4v) is 1.77. The fraction of sp³-hybridized carbons (Fsp3) is 0.833. The molecule has 1 atom stereocenters. The maximum absolute atomic E-state index is 3.58. The zero-order chi connectivity index (χ0) is 9.90. The van der Waals surface area contributed by atoms with Crippen molar-refractivity contribution in [3.05, 3.63) is 0 Å². The third-order valence-corrected chi connectivity index (χ3v) is 2.68. The Morgan fingerprint density at radius 1 is 1.46 bits per heavy atom. The highest BCUT2D eigenvalue weighted by Gasteiger charge is 2.37. The Balaban J connectivity index is 2.37. The van der Waals surface area contributed by atoms with Crippen LogP contribution in [0.5, 0.6) is 0 Å². The standard InChI is InChI=1S/C12H21N/c1-5-6-7-10(2)13-12(3,4)11-8-9-11/h10-11,13H,5,8-9H2,1-4H3. The summed E-state index contributed by atoms with van der Waals surface area (Å²) in [4.78, 5) is 0. The molecule has 0 saturated heterocycles. The highest BCUT2D eigenvalue weighted by atomic mass is 15.0. The van der Waals surface area contributed by atoms with Crippen LogP contribution in [0.25, 0.3) is 0 Å². The van der Waals surface area contributed by atoms with E-state index in [1.165, 1.54) is 12.8 Å². The molecule has 1 rings (SSSR count). The van der Waals surface area contributed by atoms with Crippen LogP contribution < -0.4 is 5.32 Å². The van der Waals surface area contributed by atoms with Gasteiger partial charge in [0.05, 0.1) is 6.04 Å². The van der Waals surface area contributed by atoms with E-state index in [1.807, 2.05) is 0 Å². The Morgan fingerprint density at radius 2 is 2.08 bits per heavy atom. The lowest BCUT2D eigenvalue weighted by Gasteiger charge is -2.28. The lowest BCUT2D eigenvalue weighted by atomic mass is 9.97. The number of hydrogen-bond acceptors (Lipinski definition) is 1. The van der Waals surface area contributed by atoms with Gasteiger partial charge in [-0.05, 0) is 39.5 Å². The molecule has 1 aliphatic rings. The summed E-state index contributed by atoms with van der Waals surface area (Å²) in [6, 6.07) is 0.329. The Hall–Kier alpha value is -0.480. The molecular weight excluding hydrogens is 158 g/mol. The van der Waals surface area contributed by atoms with Gasteiger partial charge in [-0.25, -0.2) is 0 Å². The lowest BCUT2D eigenvalue weighted by Crippen LogP contribution is -2.45. The molecule has 1 heteroatoms. The van der Waals surface area contributed by atoms with E-state index in [0.29, 0.717) is 6.04 Å². The first kappa shape index (κ1) is 10.6. The van der Waals surface area contributed by atoms with E-state index in [4.69, 9.17) is 0 Å². The van der Waals surface area contributed by atoms with Crippen molar-refractivity contribution >= 4 is 0 Å². The van der Waals surface area contributed by atoms with Gasteiger partial charge in [0.1, 0.15) is 0 Å². The second kappa shape index (κ2) is 4.15. The van der Waals surface area contributed by atoms with Crippen LogP contribution >= 0.6 is 0 Å². The van der Waals surface area contributed by atoms with Crippen LogP contribution in [0.3, 0.4) is 0 Å². The van der Waals surface area contributed by atoms with Crippen molar-refractivity contribution in [2.45, 2.75) is 58.5 Å². The number of hydrogen-bond donors (Lipinski definition) is 1. The molecule has 74 valence electrons. The average molecular weight is 179 g/mol. The van der Waals surface area contributed by atoms with Crippen molar-refractivity contribution in [2.24, 2.45) is 5.92 Å². The summed E-state index contributed by atoms with van der Waals surface area (Å²) < 4.78 is 0. The van der Waals surface area contributed by atoms with Gasteiger partial charge in [0.15, 0.2) is 0 Å². The summed E-state index contributed by atoms with van der Waals surface area (Å²) in [6.07, 6.45) is 3.72. The van der Waals surface area contributed by atoms with E-state index >= 15 is 0 Å². The van der Waals surface area contributed by atoms with Crippen molar-refractivity contribution in [3.63, 3.8) is 0 Å². The van der Waals surface area contributed by atoms with Gasteiger partial charge >= 0.3 is 0 Å². The third kappa shape index (κ3) is 3.40. The molecule has 0 heterocycles. The Bertz CT molecular complexity index is 215. The van der Waals surface area contributed by atoms with Gasteiger partial charge in [-0.2, -0.15) is 0 Å². The van der Waals surface area contributed by atoms with E-state index in [0.717, 1.165) is 12.3 Å². The molecule has 1 fully saturated rings. The van der Waals surface area contributed by atoms with Crippen LogP contribution in [0.15, 0.2) is 0 Å². The highest BCUT2D eigenvalue weighted by molar-refractivity contribution is 5.08. The summed E-state index contributed by atoms with van der Waals surface area (Å²) in [5.74, 6) is 7.20. The van der Waals surface area contributed by atoms with E-state index in [-0.39, 0.29) is 5.54 Å². The molecule has 0 bridgehead atoms. The van der Waals surface area contributed by atoms with Gasteiger partial charge in [-0.3, -0.25) is 5.32 Å². The van der Waals surface area contributed by atoms with E-state index in [2.05, 4.69) is 44.9 Å². The first-order valence-electron chi connectivity index (χ1n) is 5.32. The number of nitrogens with one attached hydrogen (secondary N) is 1. The summed E-state index contributed by atoms with van der Waals surface area (Å²) >= 11 is 0. The van der Waals surface area contributed by atoms with Gasteiger partial charge in [0, 0.05) is 12.0 Å².